The van der Waals surface area contributed by atoms with E-state index in [1.807, 2.05) is 23.6 Å². The van der Waals surface area contributed by atoms with Gasteiger partial charge in [0.25, 0.3) is 0 Å². The minimum atomic E-state index is -0.109. The third-order valence-electron chi connectivity index (χ3n) is 4.07. The van der Waals surface area contributed by atoms with Crippen molar-refractivity contribution < 1.29 is 4.79 Å². The van der Waals surface area contributed by atoms with Crippen molar-refractivity contribution in [3.8, 4) is 0 Å². The van der Waals surface area contributed by atoms with E-state index in [0.29, 0.717) is 6.42 Å². The van der Waals surface area contributed by atoms with Gasteiger partial charge >= 0.3 is 0 Å². The summed E-state index contributed by atoms with van der Waals surface area (Å²) in [5, 5.41) is 7.34. The molecule has 2 nitrogen and oxygen atoms in total. The molecular weight excluding hydrogens is 314 g/mol. The van der Waals surface area contributed by atoms with Gasteiger partial charge in [0, 0.05) is 6.42 Å². The summed E-state index contributed by atoms with van der Waals surface area (Å²) >= 11 is 1.67. The molecule has 3 aromatic rings. The van der Waals surface area contributed by atoms with Gasteiger partial charge in [-0.3, -0.25) is 4.79 Å². The van der Waals surface area contributed by atoms with E-state index < -0.39 is 0 Å². The second-order valence-corrected chi connectivity index (χ2v) is 6.73. The van der Waals surface area contributed by atoms with Crippen LogP contribution in [0.5, 0.6) is 0 Å². The smallest absolute Gasteiger partial charge is 0.221 e. The van der Waals surface area contributed by atoms with Crippen LogP contribution in [0.3, 0.4) is 0 Å². The second-order valence-electron chi connectivity index (χ2n) is 5.95. The van der Waals surface area contributed by atoms with Crippen molar-refractivity contribution in [3.05, 3.63) is 93.7 Å². The number of hydrogen-bond donors (Lipinski definition) is 1. The normalized spacial score (nSPS) is 11.9. The molecule has 3 rings (SSSR count). The first-order chi connectivity index (χ1) is 11.7. The van der Waals surface area contributed by atoms with E-state index in [2.05, 4.69) is 60.1 Å². The van der Waals surface area contributed by atoms with Gasteiger partial charge in [-0.25, -0.2) is 0 Å². The van der Waals surface area contributed by atoms with Gasteiger partial charge in [-0.1, -0.05) is 60.2 Å². The van der Waals surface area contributed by atoms with E-state index in [1.54, 1.807) is 11.3 Å². The lowest BCUT2D eigenvalue weighted by Crippen LogP contribution is -2.29. The average Bonchev–Trinajstić information content (AvgIpc) is 3.13. The van der Waals surface area contributed by atoms with Gasteiger partial charge in [0.15, 0.2) is 0 Å². The fourth-order valence-corrected chi connectivity index (χ4v) is 3.39. The Hall–Kier alpha value is -2.39. The monoisotopic (exact) mass is 335 g/mol. The Morgan fingerprint density at radius 2 is 1.71 bits per heavy atom. The Morgan fingerprint density at radius 3 is 2.38 bits per heavy atom. The number of thiophene rings is 1. The van der Waals surface area contributed by atoms with Gasteiger partial charge in [-0.05, 0) is 46.9 Å². The van der Waals surface area contributed by atoms with Crippen LogP contribution < -0.4 is 5.32 Å². The van der Waals surface area contributed by atoms with Crippen LogP contribution in [-0.2, 0) is 11.2 Å². The molecule has 1 amide bonds. The van der Waals surface area contributed by atoms with Crippen LogP contribution in [0, 0.1) is 6.92 Å². The summed E-state index contributed by atoms with van der Waals surface area (Å²) in [6.07, 6.45) is 1.29. The topological polar surface area (TPSA) is 29.1 Å². The lowest BCUT2D eigenvalue weighted by molar-refractivity contribution is -0.121. The zero-order valence-corrected chi connectivity index (χ0v) is 14.6. The first kappa shape index (κ1) is 16.5. The van der Waals surface area contributed by atoms with E-state index in [9.17, 15) is 4.79 Å². The summed E-state index contributed by atoms with van der Waals surface area (Å²) in [5.41, 5.74) is 4.65. The Morgan fingerprint density at radius 1 is 1.00 bits per heavy atom. The van der Waals surface area contributed by atoms with E-state index in [0.717, 1.165) is 17.5 Å². The van der Waals surface area contributed by atoms with Crippen LogP contribution in [0.15, 0.2) is 71.4 Å². The first-order valence-electron chi connectivity index (χ1n) is 8.14. The first-order valence-corrected chi connectivity index (χ1v) is 9.08. The molecule has 0 saturated carbocycles. The van der Waals surface area contributed by atoms with Crippen molar-refractivity contribution in [2.75, 3.05) is 0 Å². The van der Waals surface area contributed by atoms with Gasteiger partial charge in [0.2, 0.25) is 5.91 Å². The molecule has 24 heavy (non-hydrogen) atoms. The lowest BCUT2D eigenvalue weighted by Gasteiger charge is -2.20. The van der Waals surface area contributed by atoms with E-state index in [-0.39, 0.29) is 11.9 Å². The number of amides is 1. The molecule has 122 valence electrons. The Balaban J connectivity index is 1.74. The highest BCUT2D eigenvalue weighted by molar-refractivity contribution is 7.07. The molecule has 0 spiro atoms. The number of carbonyl (C=O) groups excluding carboxylic acids is 1. The summed E-state index contributed by atoms with van der Waals surface area (Å²) in [6, 6.07) is 20.4. The molecule has 3 heteroatoms. The van der Waals surface area contributed by atoms with E-state index >= 15 is 0 Å². The van der Waals surface area contributed by atoms with Crippen LogP contribution in [0.1, 0.15) is 34.7 Å². The summed E-state index contributed by atoms with van der Waals surface area (Å²) in [5.74, 6) is 0.0793. The number of benzene rings is 2. The number of nitrogens with one attached hydrogen (secondary N) is 1. The van der Waals surface area contributed by atoms with Crippen molar-refractivity contribution in [2.24, 2.45) is 0 Å². The van der Waals surface area contributed by atoms with Crippen LogP contribution in [0.2, 0.25) is 0 Å². The molecule has 0 bridgehead atoms. The Bertz CT molecular complexity index is 763. The number of carbonyl (C=O) groups is 1. The molecule has 1 atom stereocenters. The van der Waals surface area contributed by atoms with Gasteiger partial charge in [0.1, 0.15) is 0 Å². The van der Waals surface area contributed by atoms with Crippen molar-refractivity contribution in [1.29, 1.82) is 0 Å². The van der Waals surface area contributed by atoms with E-state index in [1.165, 1.54) is 11.1 Å². The molecule has 0 radical (unpaired) electrons. The van der Waals surface area contributed by atoms with Crippen LogP contribution >= 0.6 is 11.3 Å². The van der Waals surface area contributed by atoms with E-state index in [4.69, 9.17) is 0 Å². The SMILES string of the molecule is Cc1ccc(C(NC(=O)CCc2ccsc2)c2ccccc2)cc1. The Labute approximate surface area is 147 Å². The zero-order chi connectivity index (χ0) is 16.8. The lowest BCUT2D eigenvalue weighted by atomic mass is 9.97. The molecule has 0 saturated heterocycles. The minimum absolute atomic E-state index is 0.0793. The molecule has 2 aromatic carbocycles. The second kappa shape index (κ2) is 7.93. The molecule has 1 N–H and O–H groups in total. The maximum Gasteiger partial charge on any atom is 0.221 e. The summed E-state index contributed by atoms with van der Waals surface area (Å²) in [7, 11) is 0. The van der Waals surface area contributed by atoms with Crippen LogP contribution in [0.25, 0.3) is 0 Å². The predicted molar refractivity (Wildman–Crippen MR) is 100 cm³/mol. The summed E-state index contributed by atoms with van der Waals surface area (Å²) < 4.78 is 0. The zero-order valence-electron chi connectivity index (χ0n) is 13.7. The third kappa shape index (κ3) is 4.33. The molecule has 0 aliphatic heterocycles. The predicted octanol–water partition coefficient (Wildman–Crippen LogP) is 4.89. The van der Waals surface area contributed by atoms with Gasteiger partial charge < -0.3 is 5.32 Å². The number of rotatable bonds is 6. The molecule has 1 heterocycles. The molecule has 1 aromatic heterocycles. The quantitative estimate of drug-likeness (QED) is 0.682. The number of aryl methyl sites for hydroxylation is 2. The minimum Gasteiger partial charge on any atom is -0.345 e. The largest absolute Gasteiger partial charge is 0.345 e. The molecule has 0 aliphatic rings. The van der Waals surface area contributed by atoms with Crippen molar-refractivity contribution in [1.82, 2.24) is 5.32 Å². The number of hydrogen-bond acceptors (Lipinski definition) is 2. The third-order valence-corrected chi connectivity index (χ3v) is 4.80. The highest BCUT2D eigenvalue weighted by Crippen LogP contribution is 2.22. The summed E-state index contributed by atoms with van der Waals surface area (Å²) in [4.78, 5) is 12.5. The molecule has 0 aliphatic carbocycles. The van der Waals surface area contributed by atoms with Gasteiger partial charge in [0.05, 0.1) is 6.04 Å². The average molecular weight is 335 g/mol. The standard InChI is InChI=1S/C21H21NOS/c1-16-7-10-19(11-8-16)21(18-5-3-2-4-6-18)22-20(23)12-9-17-13-14-24-15-17/h2-8,10-11,13-15,21H,9,12H2,1H3,(H,22,23). The molecular formula is C21H21NOS. The van der Waals surface area contributed by atoms with Crippen LogP contribution in [-0.4, -0.2) is 5.91 Å². The fourth-order valence-electron chi connectivity index (χ4n) is 2.69. The highest BCUT2D eigenvalue weighted by Gasteiger charge is 2.16. The maximum atomic E-state index is 12.5. The van der Waals surface area contributed by atoms with Gasteiger partial charge in [-0.2, -0.15) is 11.3 Å². The van der Waals surface area contributed by atoms with Crippen molar-refractivity contribution in [3.63, 3.8) is 0 Å². The van der Waals surface area contributed by atoms with Gasteiger partial charge in [-0.15, -0.1) is 0 Å². The Kier molecular flexibility index (Phi) is 5.44. The maximum absolute atomic E-state index is 12.5. The highest BCUT2D eigenvalue weighted by atomic mass is 32.1. The summed E-state index contributed by atoms with van der Waals surface area (Å²) in [6.45, 7) is 2.07. The molecule has 0 fully saturated rings. The van der Waals surface area contributed by atoms with Crippen molar-refractivity contribution >= 4 is 17.2 Å². The van der Waals surface area contributed by atoms with Crippen LogP contribution in [0.4, 0.5) is 0 Å². The molecule has 1 unspecified atom stereocenters. The fraction of sp³-hybridized carbons (Fsp3) is 0.190. The van der Waals surface area contributed by atoms with Crippen molar-refractivity contribution in [2.45, 2.75) is 25.8 Å².